The van der Waals surface area contributed by atoms with Crippen LogP contribution in [0.3, 0.4) is 0 Å². The molecule has 0 heterocycles. The molecule has 0 aliphatic carbocycles. The van der Waals surface area contributed by atoms with Crippen LogP contribution in [-0.4, -0.2) is 96.7 Å². The minimum Gasteiger partial charge on any atom is -0.462 e. The van der Waals surface area contributed by atoms with Crippen LogP contribution in [0.1, 0.15) is 310 Å². The summed E-state index contributed by atoms with van der Waals surface area (Å²) in [4.78, 5) is 72.7. The van der Waals surface area contributed by atoms with Gasteiger partial charge in [-0.15, -0.1) is 0 Å². The van der Waals surface area contributed by atoms with Gasteiger partial charge in [-0.1, -0.05) is 253 Å². The van der Waals surface area contributed by atoms with Crippen LogP contribution in [0, 0.1) is 0 Å². The van der Waals surface area contributed by atoms with Crippen molar-refractivity contribution in [3.8, 4) is 0 Å². The minimum atomic E-state index is -4.99. The molecule has 0 amide bonds. The standard InChI is InChI=1S/C77H134O17P2/c1-5-9-13-17-21-25-29-33-35-39-42-46-50-54-58-62-75(80)88-68-73(94-77(82)64-60-56-52-48-44-40-36-34-30-26-22-18-14-10-6-2)70-92-96(85,86)90-66-71(78)65-89-95(83,84)91-69-72(93-76(81)63-59-55-51-47-43-38-32-28-24-20-16-12-8-4)67-87-74(79)61-57-53-49-45-41-37-31-27-23-19-15-11-7-3/h9,13,21,25,27-28,31-36,42,46,54,58,71-73,78H,5-8,10-12,14-20,22-24,26,29-30,37-41,43-45,47-53,55-57,59-70H2,1-4H3,(H,83,84)(H,85,86)/b13-9-,25-21-,31-27-,32-28-,35-33-,36-34-,46-42-,58-54-. The van der Waals surface area contributed by atoms with Gasteiger partial charge in [-0.05, 0) is 128 Å². The van der Waals surface area contributed by atoms with Gasteiger partial charge in [0.2, 0.25) is 0 Å². The van der Waals surface area contributed by atoms with Gasteiger partial charge in [-0.25, -0.2) is 9.13 Å². The Morgan fingerprint density at radius 1 is 0.312 bits per heavy atom. The number of hydrogen-bond donors (Lipinski definition) is 3. The third-order valence-corrected chi connectivity index (χ3v) is 17.4. The van der Waals surface area contributed by atoms with Crippen LogP contribution in [0.25, 0.3) is 0 Å². The topological polar surface area (TPSA) is 237 Å². The largest absolute Gasteiger partial charge is 0.472 e. The average molecular weight is 1390 g/mol. The monoisotopic (exact) mass is 1390 g/mol. The fraction of sp³-hybridized carbons (Fsp3) is 0.740. The Hall–Kier alpha value is -4.02. The molecule has 0 aliphatic rings. The maximum absolute atomic E-state index is 13.1. The molecule has 0 radical (unpaired) electrons. The Bertz CT molecular complexity index is 2200. The molecule has 96 heavy (non-hydrogen) atoms. The van der Waals surface area contributed by atoms with Gasteiger partial charge in [0.15, 0.2) is 12.2 Å². The Morgan fingerprint density at radius 3 is 0.927 bits per heavy atom. The van der Waals surface area contributed by atoms with E-state index in [-0.39, 0.29) is 25.7 Å². The number of phosphoric acid groups is 2. The van der Waals surface area contributed by atoms with E-state index in [9.17, 15) is 43.2 Å². The van der Waals surface area contributed by atoms with Gasteiger partial charge in [0.25, 0.3) is 0 Å². The Balaban J connectivity index is 5.42. The third-order valence-electron chi connectivity index (χ3n) is 15.5. The molecule has 0 aliphatic heterocycles. The van der Waals surface area contributed by atoms with Gasteiger partial charge in [-0.2, -0.15) is 0 Å². The Morgan fingerprint density at radius 2 is 0.583 bits per heavy atom. The van der Waals surface area contributed by atoms with Gasteiger partial charge in [0.1, 0.15) is 19.3 Å². The highest BCUT2D eigenvalue weighted by Crippen LogP contribution is 2.45. The third kappa shape index (κ3) is 68.5. The van der Waals surface area contributed by atoms with E-state index < -0.39 is 97.5 Å². The van der Waals surface area contributed by atoms with E-state index in [1.807, 2.05) is 18.2 Å². The van der Waals surface area contributed by atoms with E-state index in [2.05, 4.69) is 101 Å². The lowest BCUT2D eigenvalue weighted by Gasteiger charge is -2.21. The van der Waals surface area contributed by atoms with Crippen molar-refractivity contribution in [2.24, 2.45) is 0 Å². The van der Waals surface area contributed by atoms with Gasteiger partial charge in [-0.3, -0.25) is 37.3 Å². The van der Waals surface area contributed by atoms with E-state index >= 15 is 0 Å². The Labute approximate surface area is 582 Å². The highest BCUT2D eigenvalue weighted by atomic mass is 31.2. The van der Waals surface area contributed by atoms with E-state index in [0.29, 0.717) is 25.7 Å². The molecule has 5 atom stereocenters. The van der Waals surface area contributed by atoms with Gasteiger partial charge in [0, 0.05) is 19.3 Å². The van der Waals surface area contributed by atoms with Crippen molar-refractivity contribution in [2.75, 3.05) is 39.6 Å². The summed E-state index contributed by atoms with van der Waals surface area (Å²) >= 11 is 0. The maximum Gasteiger partial charge on any atom is 0.472 e. The molecule has 0 aromatic carbocycles. The summed E-state index contributed by atoms with van der Waals surface area (Å²) in [5, 5.41) is 10.6. The van der Waals surface area contributed by atoms with E-state index in [4.69, 9.17) is 37.0 Å². The van der Waals surface area contributed by atoms with E-state index in [0.717, 1.165) is 141 Å². The van der Waals surface area contributed by atoms with Crippen molar-refractivity contribution < 1.29 is 80.2 Å². The zero-order valence-electron chi connectivity index (χ0n) is 60.3. The number of allylic oxidation sites excluding steroid dienone is 15. The fourth-order valence-corrected chi connectivity index (χ4v) is 11.4. The smallest absolute Gasteiger partial charge is 0.462 e. The predicted molar refractivity (Wildman–Crippen MR) is 390 cm³/mol. The molecule has 0 spiro atoms. The van der Waals surface area contributed by atoms with Gasteiger partial charge < -0.3 is 33.8 Å². The molecule has 17 nitrogen and oxygen atoms in total. The number of carbonyl (C=O) groups excluding carboxylic acids is 4. The summed E-state index contributed by atoms with van der Waals surface area (Å²) in [5.41, 5.74) is 0. The van der Waals surface area contributed by atoms with Crippen LogP contribution in [0.5, 0.6) is 0 Å². The van der Waals surface area contributed by atoms with Crippen LogP contribution in [-0.2, 0) is 65.4 Å². The number of ether oxygens (including phenoxy) is 4. The van der Waals surface area contributed by atoms with Crippen LogP contribution >= 0.6 is 15.6 Å². The zero-order chi connectivity index (χ0) is 70.4. The molecule has 0 saturated heterocycles. The SMILES string of the molecule is CC/C=C\C/C=C\C/C=C\C/C=C\C/C=C\CC(=O)OCC(COP(=O)(O)OCC(O)COP(=O)(O)OCC(COC(=O)CCCCCCC/C=C\CCCCCC)OC(=O)CCCCCCC/C=C\CCCCCC)OC(=O)CCCCCCC/C=C\CCCCCCCC. The first-order chi connectivity index (χ1) is 46.7. The minimum absolute atomic E-state index is 0.0656. The van der Waals surface area contributed by atoms with Crippen molar-refractivity contribution in [3.05, 3.63) is 97.2 Å². The van der Waals surface area contributed by atoms with Crippen molar-refractivity contribution in [1.82, 2.24) is 0 Å². The molecule has 0 aromatic rings. The van der Waals surface area contributed by atoms with Gasteiger partial charge >= 0.3 is 39.5 Å². The summed E-state index contributed by atoms with van der Waals surface area (Å²) in [5.74, 6) is -2.34. The van der Waals surface area contributed by atoms with Gasteiger partial charge in [0.05, 0.1) is 32.8 Å². The quantitative estimate of drug-likeness (QED) is 0.0169. The molecule has 0 bridgehead atoms. The number of phosphoric ester groups is 2. The summed E-state index contributed by atoms with van der Waals surface area (Å²) in [7, 11) is -9.97. The first-order valence-electron chi connectivity index (χ1n) is 37.5. The number of esters is 4. The molecule has 0 rings (SSSR count). The maximum atomic E-state index is 13.1. The first kappa shape index (κ1) is 92.0. The second kappa shape index (κ2) is 69.5. The van der Waals surface area contributed by atoms with Crippen LogP contribution in [0.2, 0.25) is 0 Å². The number of carbonyl (C=O) groups is 4. The van der Waals surface area contributed by atoms with Crippen molar-refractivity contribution in [1.29, 1.82) is 0 Å². The lowest BCUT2D eigenvalue weighted by atomic mass is 10.1. The highest BCUT2D eigenvalue weighted by molar-refractivity contribution is 7.47. The molecule has 554 valence electrons. The summed E-state index contributed by atoms with van der Waals surface area (Å²) in [6.07, 6.45) is 71.5. The second-order valence-electron chi connectivity index (χ2n) is 24.9. The van der Waals surface area contributed by atoms with Crippen LogP contribution in [0.15, 0.2) is 97.2 Å². The molecule has 0 aromatic heterocycles. The zero-order valence-corrected chi connectivity index (χ0v) is 62.1. The van der Waals surface area contributed by atoms with Crippen molar-refractivity contribution in [3.63, 3.8) is 0 Å². The normalized spacial score (nSPS) is 14.5. The molecule has 3 N–H and O–H groups in total. The molecule has 5 unspecified atom stereocenters. The molecule has 0 saturated carbocycles. The second-order valence-corrected chi connectivity index (χ2v) is 27.8. The number of rotatable bonds is 70. The van der Waals surface area contributed by atoms with E-state index in [1.54, 1.807) is 6.08 Å². The molecular weight excluding hydrogens is 1260 g/mol. The van der Waals surface area contributed by atoms with Crippen LogP contribution < -0.4 is 0 Å². The molecule has 19 heteroatoms. The van der Waals surface area contributed by atoms with Crippen molar-refractivity contribution in [2.45, 2.75) is 329 Å². The summed E-state index contributed by atoms with van der Waals surface area (Å²) in [6.45, 7) is 4.59. The number of hydrogen-bond acceptors (Lipinski definition) is 15. The molecular formula is C77H134O17P2. The highest BCUT2D eigenvalue weighted by Gasteiger charge is 2.30. The average Bonchev–Trinajstić information content (AvgIpc) is 1.36. The first-order valence-corrected chi connectivity index (χ1v) is 40.5. The lowest BCUT2D eigenvalue weighted by Crippen LogP contribution is -2.30. The van der Waals surface area contributed by atoms with Crippen LogP contribution in [0.4, 0.5) is 0 Å². The predicted octanol–water partition coefficient (Wildman–Crippen LogP) is 21.2. The number of aliphatic hydroxyl groups excluding tert-OH is 1. The van der Waals surface area contributed by atoms with Crippen molar-refractivity contribution >= 4 is 39.5 Å². The summed E-state index contributed by atoms with van der Waals surface area (Å²) in [6, 6.07) is 0. The number of aliphatic hydroxyl groups is 1. The number of unbranched alkanes of at least 4 members (excludes halogenated alkanes) is 29. The fourth-order valence-electron chi connectivity index (χ4n) is 9.81. The lowest BCUT2D eigenvalue weighted by molar-refractivity contribution is -0.161. The van der Waals surface area contributed by atoms with E-state index in [1.165, 1.54) is 89.9 Å². The molecule has 0 fully saturated rings. The Kier molecular flexibility index (Phi) is 66.6. The summed E-state index contributed by atoms with van der Waals surface area (Å²) < 4.78 is 68.2.